The lowest BCUT2D eigenvalue weighted by molar-refractivity contribution is 0.0303. The summed E-state index contributed by atoms with van der Waals surface area (Å²) in [5.74, 6) is 1.56. The molecule has 0 saturated carbocycles. The average Bonchev–Trinajstić information content (AvgIpc) is 2.98. The summed E-state index contributed by atoms with van der Waals surface area (Å²) in [7, 11) is 0. The molecule has 4 heteroatoms. The van der Waals surface area contributed by atoms with Crippen molar-refractivity contribution in [3.8, 4) is 28.3 Å². The maximum absolute atomic E-state index is 5.91. The minimum Gasteiger partial charge on any atom is -0.491 e. The highest BCUT2D eigenvalue weighted by Crippen LogP contribution is 2.23. The Kier molecular flexibility index (Phi) is 14.7. The largest absolute Gasteiger partial charge is 0.491 e. The predicted molar refractivity (Wildman–Crippen MR) is 164 cm³/mol. The quantitative estimate of drug-likeness (QED) is 0.136. The molecule has 1 aromatic heterocycles. The van der Waals surface area contributed by atoms with Crippen molar-refractivity contribution in [1.29, 1.82) is 0 Å². The Morgan fingerprint density at radius 3 is 1.82 bits per heavy atom. The minimum atomic E-state index is 0.0846. The van der Waals surface area contributed by atoms with Crippen molar-refractivity contribution in [2.24, 2.45) is 0 Å². The second kappa shape index (κ2) is 18.5. The van der Waals surface area contributed by atoms with Crippen LogP contribution >= 0.6 is 0 Å². The molecule has 0 N–H and O–H groups in total. The van der Waals surface area contributed by atoms with Gasteiger partial charge in [-0.15, -0.1) is 0 Å². The van der Waals surface area contributed by atoms with E-state index in [1.165, 1.54) is 76.2 Å². The van der Waals surface area contributed by atoms with Crippen molar-refractivity contribution in [3.63, 3.8) is 0 Å². The van der Waals surface area contributed by atoms with Gasteiger partial charge in [0.05, 0.1) is 6.10 Å². The number of unbranched alkanes of at least 4 members (excludes halogenated alkanes) is 10. The van der Waals surface area contributed by atoms with Crippen LogP contribution in [0.15, 0.2) is 60.9 Å². The van der Waals surface area contributed by atoms with Gasteiger partial charge >= 0.3 is 0 Å². The van der Waals surface area contributed by atoms with E-state index in [0.29, 0.717) is 6.61 Å². The molecular weight excluding hydrogens is 480 g/mol. The number of aromatic nitrogens is 2. The van der Waals surface area contributed by atoms with E-state index in [1.54, 1.807) is 0 Å². The standard InChI is InChI=1S/C35H50N2O2/c1-4-6-8-10-11-12-13-14-16-30-17-19-31(20-18-30)33-26-36-35(37-27-33)32-21-23-34(24-22-32)39-28-29(3)38-25-15-9-7-5-2/h17-24,26-27,29H,4-16,25,28H2,1-3H3. The summed E-state index contributed by atoms with van der Waals surface area (Å²) in [6.45, 7) is 7.92. The van der Waals surface area contributed by atoms with E-state index in [4.69, 9.17) is 9.47 Å². The summed E-state index contributed by atoms with van der Waals surface area (Å²) in [5, 5.41) is 0. The van der Waals surface area contributed by atoms with Crippen LogP contribution in [-0.4, -0.2) is 29.3 Å². The van der Waals surface area contributed by atoms with Crippen LogP contribution in [0.4, 0.5) is 0 Å². The van der Waals surface area contributed by atoms with Gasteiger partial charge in [0.1, 0.15) is 12.4 Å². The van der Waals surface area contributed by atoms with Crippen molar-refractivity contribution >= 4 is 0 Å². The van der Waals surface area contributed by atoms with Gasteiger partial charge in [0.2, 0.25) is 0 Å². The second-order valence-corrected chi connectivity index (χ2v) is 10.8. The Labute approximate surface area is 237 Å². The van der Waals surface area contributed by atoms with Crippen LogP contribution in [0.3, 0.4) is 0 Å². The van der Waals surface area contributed by atoms with Crippen LogP contribution < -0.4 is 4.74 Å². The molecule has 0 bridgehead atoms. The van der Waals surface area contributed by atoms with Crippen LogP contribution in [0.2, 0.25) is 0 Å². The fourth-order valence-electron chi connectivity index (χ4n) is 4.73. The van der Waals surface area contributed by atoms with Crippen LogP contribution in [0.1, 0.15) is 103 Å². The van der Waals surface area contributed by atoms with Crippen molar-refractivity contribution in [3.05, 3.63) is 66.5 Å². The lowest BCUT2D eigenvalue weighted by atomic mass is 10.0. The van der Waals surface area contributed by atoms with E-state index in [-0.39, 0.29) is 6.10 Å². The lowest BCUT2D eigenvalue weighted by Crippen LogP contribution is -2.18. The molecule has 212 valence electrons. The Morgan fingerprint density at radius 1 is 0.615 bits per heavy atom. The molecule has 2 aromatic carbocycles. The predicted octanol–water partition coefficient (Wildman–Crippen LogP) is 9.86. The summed E-state index contributed by atoms with van der Waals surface area (Å²) >= 11 is 0. The summed E-state index contributed by atoms with van der Waals surface area (Å²) in [6.07, 6.45) is 20.9. The lowest BCUT2D eigenvalue weighted by Gasteiger charge is -2.14. The second-order valence-electron chi connectivity index (χ2n) is 10.8. The van der Waals surface area contributed by atoms with Gasteiger partial charge < -0.3 is 9.47 Å². The summed E-state index contributed by atoms with van der Waals surface area (Å²) in [6, 6.07) is 16.9. The number of hydrogen-bond donors (Lipinski definition) is 0. The van der Waals surface area contributed by atoms with Gasteiger partial charge in [-0.1, -0.05) is 102 Å². The maximum atomic E-state index is 5.91. The zero-order valence-corrected chi connectivity index (χ0v) is 24.7. The van der Waals surface area contributed by atoms with E-state index in [2.05, 4.69) is 55.0 Å². The monoisotopic (exact) mass is 530 g/mol. The molecule has 0 spiro atoms. The normalized spacial score (nSPS) is 12.0. The highest BCUT2D eigenvalue weighted by molar-refractivity contribution is 5.64. The number of benzene rings is 2. The average molecular weight is 531 g/mol. The maximum Gasteiger partial charge on any atom is 0.159 e. The SMILES string of the molecule is CCCCCCCCCCc1ccc(-c2cnc(-c3ccc(OCC(C)OCCCCCC)cc3)nc2)cc1. The molecule has 4 nitrogen and oxygen atoms in total. The highest BCUT2D eigenvalue weighted by atomic mass is 16.5. The minimum absolute atomic E-state index is 0.0846. The van der Waals surface area contributed by atoms with Gasteiger partial charge in [-0.05, 0) is 61.6 Å². The van der Waals surface area contributed by atoms with E-state index in [1.807, 2.05) is 36.7 Å². The van der Waals surface area contributed by atoms with Crippen LogP contribution in [0.5, 0.6) is 5.75 Å². The fourth-order valence-corrected chi connectivity index (χ4v) is 4.73. The van der Waals surface area contributed by atoms with Crippen molar-refractivity contribution in [2.45, 2.75) is 110 Å². The Balaban J connectivity index is 1.40. The van der Waals surface area contributed by atoms with Crippen LogP contribution in [0, 0.1) is 0 Å². The third-order valence-corrected chi connectivity index (χ3v) is 7.26. The van der Waals surface area contributed by atoms with Gasteiger partial charge in [-0.25, -0.2) is 9.97 Å². The first-order chi connectivity index (χ1) is 19.2. The molecule has 39 heavy (non-hydrogen) atoms. The van der Waals surface area contributed by atoms with E-state index < -0.39 is 0 Å². The van der Waals surface area contributed by atoms with E-state index in [0.717, 1.165) is 47.7 Å². The number of nitrogens with zero attached hydrogens (tertiary/aromatic N) is 2. The first-order valence-corrected chi connectivity index (χ1v) is 15.5. The van der Waals surface area contributed by atoms with Gasteiger partial charge in [0.15, 0.2) is 5.82 Å². The van der Waals surface area contributed by atoms with E-state index >= 15 is 0 Å². The molecule has 1 atom stereocenters. The van der Waals surface area contributed by atoms with Gasteiger partial charge in [0.25, 0.3) is 0 Å². The topological polar surface area (TPSA) is 44.2 Å². The number of hydrogen-bond acceptors (Lipinski definition) is 4. The van der Waals surface area contributed by atoms with Gasteiger partial charge in [-0.2, -0.15) is 0 Å². The van der Waals surface area contributed by atoms with E-state index in [9.17, 15) is 0 Å². The molecule has 0 aliphatic rings. The number of aryl methyl sites for hydroxylation is 1. The van der Waals surface area contributed by atoms with Crippen molar-refractivity contribution in [2.75, 3.05) is 13.2 Å². The first kappa shape index (κ1) is 30.8. The third-order valence-electron chi connectivity index (χ3n) is 7.26. The Hall–Kier alpha value is -2.72. The smallest absolute Gasteiger partial charge is 0.159 e. The zero-order valence-electron chi connectivity index (χ0n) is 24.7. The molecule has 0 aliphatic heterocycles. The summed E-state index contributed by atoms with van der Waals surface area (Å²) in [4.78, 5) is 9.26. The zero-order chi connectivity index (χ0) is 27.5. The van der Waals surface area contributed by atoms with Gasteiger partial charge in [-0.3, -0.25) is 0 Å². The highest BCUT2D eigenvalue weighted by Gasteiger charge is 2.07. The summed E-state index contributed by atoms with van der Waals surface area (Å²) < 4.78 is 11.8. The van der Waals surface area contributed by atoms with Crippen LogP contribution in [0.25, 0.3) is 22.5 Å². The fraction of sp³-hybridized carbons (Fsp3) is 0.543. The molecule has 0 aliphatic carbocycles. The van der Waals surface area contributed by atoms with Gasteiger partial charge in [0, 0.05) is 30.1 Å². The molecule has 1 unspecified atom stereocenters. The summed E-state index contributed by atoms with van der Waals surface area (Å²) in [5.41, 5.74) is 4.60. The molecule has 0 saturated heterocycles. The Morgan fingerprint density at radius 2 is 1.18 bits per heavy atom. The van der Waals surface area contributed by atoms with Crippen molar-refractivity contribution in [1.82, 2.24) is 9.97 Å². The van der Waals surface area contributed by atoms with Crippen LogP contribution in [-0.2, 0) is 11.2 Å². The third kappa shape index (κ3) is 11.9. The Bertz CT molecular complexity index is 1020. The van der Waals surface area contributed by atoms with Crippen molar-refractivity contribution < 1.29 is 9.47 Å². The molecule has 0 fully saturated rings. The molecule has 3 aromatic rings. The molecule has 0 amide bonds. The number of ether oxygens (including phenoxy) is 2. The molecular formula is C35H50N2O2. The molecule has 3 rings (SSSR count). The number of rotatable bonds is 20. The molecule has 0 radical (unpaired) electrons. The molecule has 1 heterocycles. The first-order valence-electron chi connectivity index (χ1n) is 15.5.